The normalized spacial score (nSPS) is 10.1. The summed E-state index contributed by atoms with van der Waals surface area (Å²) in [4.78, 5) is 20.7. The predicted octanol–water partition coefficient (Wildman–Crippen LogP) is 2.07. The van der Waals surface area contributed by atoms with Crippen LogP contribution in [-0.4, -0.2) is 42.6 Å². The van der Waals surface area contributed by atoms with Gasteiger partial charge in [0.2, 0.25) is 0 Å². The molecule has 0 spiro atoms. The van der Waals surface area contributed by atoms with E-state index in [9.17, 15) is 4.79 Å². The Labute approximate surface area is 141 Å². The van der Waals surface area contributed by atoms with Gasteiger partial charge < -0.3 is 20.7 Å². The summed E-state index contributed by atoms with van der Waals surface area (Å²) in [7, 11) is 1.58. The van der Waals surface area contributed by atoms with Crippen LogP contribution >= 0.6 is 0 Å². The van der Waals surface area contributed by atoms with Crippen LogP contribution in [0.15, 0.2) is 30.3 Å². The van der Waals surface area contributed by atoms with Gasteiger partial charge in [0.15, 0.2) is 0 Å². The van der Waals surface area contributed by atoms with Gasteiger partial charge in [-0.2, -0.15) is 0 Å². The zero-order valence-corrected chi connectivity index (χ0v) is 14.2. The maximum Gasteiger partial charge on any atom is 0.251 e. The van der Waals surface area contributed by atoms with Crippen LogP contribution in [0.4, 0.5) is 11.6 Å². The van der Waals surface area contributed by atoms with Gasteiger partial charge in [0.05, 0.1) is 7.11 Å². The number of aryl methyl sites for hydroxylation is 1. The van der Waals surface area contributed by atoms with Crippen molar-refractivity contribution in [2.75, 3.05) is 37.4 Å². The summed E-state index contributed by atoms with van der Waals surface area (Å²) < 4.78 is 5.12. The molecule has 1 amide bonds. The lowest BCUT2D eigenvalue weighted by Gasteiger charge is -2.10. The van der Waals surface area contributed by atoms with Crippen molar-refractivity contribution in [2.45, 2.75) is 13.8 Å². The molecule has 0 unspecified atom stereocenters. The molecule has 128 valence electrons. The van der Waals surface area contributed by atoms with Crippen LogP contribution < -0.4 is 20.7 Å². The van der Waals surface area contributed by atoms with Crippen molar-refractivity contribution >= 4 is 17.5 Å². The molecule has 1 aromatic heterocycles. The fraction of sp³-hybridized carbons (Fsp3) is 0.353. The summed E-state index contributed by atoms with van der Waals surface area (Å²) in [6.07, 6.45) is 0. The predicted molar refractivity (Wildman–Crippen MR) is 94.7 cm³/mol. The van der Waals surface area contributed by atoms with Crippen molar-refractivity contribution in [3.8, 4) is 5.75 Å². The van der Waals surface area contributed by atoms with Crippen LogP contribution in [0.5, 0.6) is 5.75 Å². The van der Waals surface area contributed by atoms with E-state index in [1.807, 2.05) is 19.9 Å². The van der Waals surface area contributed by atoms with E-state index in [1.165, 1.54) is 0 Å². The molecule has 0 aliphatic rings. The Bertz CT molecular complexity index is 690. The minimum Gasteiger partial charge on any atom is -0.497 e. The molecule has 2 rings (SSSR count). The second kappa shape index (κ2) is 8.71. The second-order valence-electron chi connectivity index (χ2n) is 5.13. The Balaban J connectivity index is 1.83. The van der Waals surface area contributed by atoms with Crippen molar-refractivity contribution in [3.63, 3.8) is 0 Å². The number of hydrogen-bond acceptors (Lipinski definition) is 6. The smallest absolute Gasteiger partial charge is 0.251 e. The molecule has 7 heteroatoms. The number of aromatic nitrogens is 2. The topological polar surface area (TPSA) is 88.2 Å². The second-order valence-corrected chi connectivity index (χ2v) is 5.13. The van der Waals surface area contributed by atoms with E-state index < -0.39 is 0 Å². The molecule has 7 nitrogen and oxygen atoms in total. The number of anilines is 2. The fourth-order valence-corrected chi connectivity index (χ4v) is 2.16. The van der Waals surface area contributed by atoms with E-state index in [-0.39, 0.29) is 5.91 Å². The molecular weight excluding hydrogens is 306 g/mol. The molecule has 2 aromatic rings. The van der Waals surface area contributed by atoms with Crippen LogP contribution in [0.2, 0.25) is 0 Å². The molecule has 0 atom stereocenters. The molecule has 24 heavy (non-hydrogen) atoms. The number of rotatable bonds is 8. The van der Waals surface area contributed by atoms with Crippen LogP contribution in [0.3, 0.4) is 0 Å². The summed E-state index contributed by atoms with van der Waals surface area (Å²) in [6.45, 7) is 5.70. The van der Waals surface area contributed by atoms with Gasteiger partial charge in [-0.05, 0) is 32.0 Å². The molecule has 0 aliphatic heterocycles. The summed E-state index contributed by atoms with van der Waals surface area (Å²) in [6, 6.07) is 8.90. The number of carbonyl (C=O) groups is 1. The Morgan fingerprint density at radius 3 is 2.58 bits per heavy atom. The highest BCUT2D eigenvalue weighted by molar-refractivity contribution is 5.94. The average molecular weight is 329 g/mol. The molecule has 0 saturated carbocycles. The van der Waals surface area contributed by atoms with Crippen LogP contribution in [0, 0.1) is 6.92 Å². The summed E-state index contributed by atoms with van der Waals surface area (Å²) >= 11 is 0. The van der Waals surface area contributed by atoms with Gasteiger partial charge in [0.1, 0.15) is 23.2 Å². The first-order chi connectivity index (χ1) is 11.6. The standard InChI is InChI=1S/C17H23N5O2/c1-4-18-15-11-16(22-12(2)21-15)19-8-9-20-17(23)13-6-5-7-14(10-13)24-3/h5-7,10-11H,4,8-9H2,1-3H3,(H,20,23)(H2,18,19,21,22). The highest BCUT2D eigenvalue weighted by atomic mass is 16.5. The van der Waals surface area contributed by atoms with Crippen molar-refractivity contribution in [2.24, 2.45) is 0 Å². The molecule has 0 aliphatic carbocycles. The summed E-state index contributed by atoms with van der Waals surface area (Å²) in [5, 5.41) is 9.20. The average Bonchev–Trinajstić information content (AvgIpc) is 2.58. The number of nitrogens with one attached hydrogen (secondary N) is 3. The Morgan fingerprint density at radius 2 is 1.88 bits per heavy atom. The van der Waals surface area contributed by atoms with E-state index in [2.05, 4.69) is 25.9 Å². The molecule has 1 heterocycles. The summed E-state index contributed by atoms with van der Waals surface area (Å²) in [5.41, 5.74) is 0.571. The van der Waals surface area contributed by atoms with Gasteiger partial charge >= 0.3 is 0 Å². The van der Waals surface area contributed by atoms with Gasteiger partial charge in [-0.25, -0.2) is 9.97 Å². The van der Waals surface area contributed by atoms with E-state index in [4.69, 9.17) is 4.74 Å². The van der Waals surface area contributed by atoms with Crippen molar-refractivity contribution in [1.29, 1.82) is 0 Å². The molecule has 0 fully saturated rings. The maximum atomic E-state index is 12.1. The number of ether oxygens (including phenoxy) is 1. The molecular formula is C17H23N5O2. The van der Waals surface area contributed by atoms with Gasteiger partial charge in [0.25, 0.3) is 5.91 Å². The van der Waals surface area contributed by atoms with Gasteiger partial charge in [0, 0.05) is 31.3 Å². The summed E-state index contributed by atoms with van der Waals surface area (Å²) in [5.74, 6) is 2.73. The highest BCUT2D eigenvalue weighted by Crippen LogP contribution is 2.12. The Kier molecular flexibility index (Phi) is 6.36. The lowest BCUT2D eigenvalue weighted by atomic mass is 10.2. The molecule has 0 saturated heterocycles. The molecule has 3 N–H and O–H groups in total. The largest absolute Gasteiger partial charge is 0.497 e. The minimum atomic E-state index is -0.136. The minimum absolute atomic E-state index is 0.136. The first-order valence-corrected chi connectivity index (χ1v) is 7.88. The number of amides is 1. The third-order valence-electron chi connectivity index (χ3n) is 3.24. The van der Waals surface area contributed by atoms with E-state index in [0.717, 1.165) is 18.2 Å². The Hall–Kier alpha value is -2.83. The zero-order chi connectivity index (χ0) is 17.4. The van der Waals surface area contributed by atoms with Crippen LogP contribution in [0.1, 0.15) is 23.1 Å². The van der Waals surface area contributed by atoms with Crippen molar-refractivity contribution in [3.05, 3.63) is 41.7 Å². The van der Waals surface area contributed by atoms with Crippen molar-refractivity contribution < 1.29 is 9.53 Å². The maximum absolute atomic E-state index is 12.1. The van der Waals surface area contributed by atoms with E-state index >= 15 is 0 Å². The fourth-order valence-electron chi connectivity index (χ4n) is 2.16. The van der Waals surface area contributed by atoms with Crippen molar-refractivity contribution in [1.82, 2.24) is 15.3 Å². The third kappa shape index (κ3) is 5.12. The molecule has 0 bridgehead atoms. The van der Waals surface area contributed by atoms with E-state index in [0.29, 0.717) is 30.2 Å². The lowest BCUT2D eigenvalue weighted by Crippen LogP contribution is -2.29. The SMILES string of the molecule is CCNc1cc(NCCNC(=O)c2cccc(OC)c2)nc(C)n1. The van der Waals surface area contributed by atoms with Gasteiger partial charge in [-0.15, -0.1) is 0 Å². The number of methoxy groups -OCH3 is 1. The van der Waals surface area contributed by atoms with Gasteiger partial charge in [-0.1, -0.05) is 6.07 Å². The third-order valence-corrected chi connectivity index (χ3v) is 3.24. The molecule has 1 aromatic carbocycles. The first-order valence-electron chi connectivity index (χ1n) is 7.88. The first kappa shape index (κ1) is 17.5. The monoisotopic (exact) mass is 329 g/mol. The number of carbonyl (C=O) groups excluding carboxylic acids is 1. The lowest BCUT2D eigenvalue weighted by molar-refractivity contribution is 0.0955. The van der Waals surface area contributed by atoms with Gasteiger partial charge in [-0.3, -0.25) is 4.79 Å². The quantitative estimate of drug-likeness (QED) is 0.643. The highest BCUT2D eigenvalue weighted by Gasteiger charge is 2.06. The number of hydrogen-bond donors (Lipinski definition) is 3. The molecule has 0 radical (unpaired) electrons. The van der Waals surface area contributed by atoms with Crippen LogP contribution in [0.25, 0.3) is 0 Å². The Morgan fingerprint density at radius 1 is 1.12 bits per heavy atom. The van der Waals surface area contributed by atoms with E-state index in [1.54, 1.807) is 31.4 Å². The number of nitrogens with zero attached hydrogens (tertiary/aromatic N) is 2. The number of benzene rings is 1. The zero-order valence-electron chi connectivity index (χ0n) is 14.2. The van der Waals surface area contributed by atoms with Crippen LogP contribution in [-0.2, 0) is 0 Å².